The normalized spacial score (nSPS) is 13.0. The quantitative estimate of drug-likeness (QED) is 0.103. The van der Waals surface area contributed by atoms with Gasteiger partial charge in [0, 0.05) is 23.5 Å². The fourth-order valence-corrected chi connectivity index (χ4v) is 7.08. The zero-order valence-electron chi connectivity index (χ0n) is 31.5. The van der Waals surface area contributed by atoms with E-state index in [0.717, 1.165) is 73.9 Å². The Kier molecular flexibility index (Phi) is 10.8. The minimum Gasteiger partial charge on any atom is -0.488 e. The number of aromatic amines is 2. The van der Waals surface area contributed by atoms with Gasteiger partial charge in [0.2, 0.25) is 11.8 Å². The van der Waals surface area contributed by atoms with E-state index < -0.39 is 12.1 Å². The molecule has 1 aliphatic rings. The molecule has 0 radical (unpaired) electrons. The zero-order chi connectivity index (χ0) is 38.6. The SMILES string of the molecule is CCCN(Cc1nc2c(ccc3cc4c(cc32)OCc2cc(-c3cnc(CN(C(=O)CNC(=O)OC)[C@@H](C)CC)[nH]3)ccc2-4)[nH]1)C(=O)[C@H](N)c1ccccc1. The molecule has 5 N–H and O–H groups in total. The molecule has 1 aliphatic heterocycles. The van der Waals surface area contributed by atoms with E-state index in [1.54, 1.807) is 16.0 Å². The summed E-state index contributed by atoms with van der Waals surface area (Å²) in [5.74, 6) is 1.75. The molecule has 2 atom stereocenters. The van der Waals surface area contributed by atoms with Gasteiger partial charge >= 0.3 is 6.09 Å². The number of nitrogens with two attached hydrogens (primary N) is 1. The van der Waals surface area contributed by atoms with Crippen molar-refractivity contribution in [1.82, 2.24) is 35.1 Å². The van der Waals surface area contributed by atoms with Gasteiger partial charge in [0.25, 0.3) is 0 Å². The Balaban J connectivity index is 1.10. The van der Waals surface area contributed by atoms with Crippen molar-refractivity contribution in [3.05, 3.63) is 102 Å². The Hall–Kier alpha value is -6.21. The lowest BCUT2D eigenvalue weighted by molar-refractivity contribution is -0.134. The van der Waals surface area contributed by atoms with E-state index in [-0.39, 0.29) is 30.9 Å². The summed E-state index contributed by atoms with van der Waals surface area (Å²) in [6, 6.07) is 23.2. The first-order valence-corrected chi connectivity index (χ1v) is 18.6. The number of imidazole rings is 2. The summed E-state index contributed by atoms with van der Waals surface area (Å²) in [5.41, 5.74) is 13.8. The third-order valence-corrected chi connectivity index (χ3v) is 10.2. The minimum absolute atomic E-state index is 0.0554. The Labute approximate surface area is 319 Å². The predicted octanol–water partition coefficient (Wildman–Crippen LogP) is 6.59. The van der Waals surface area contributed by atoms with Crippen molar-refractivity contribution in [2.24, 2.45) is 5.73 Å². The molecule has 6 aromatic rings. The maximum atomic E-state index is 13.5. The van der Waals surface area contributed by atoms with Crippen molar-refractivity contribution < 1.29 is 23.9 Å². The first kappa shape index (κ1) is 37.1. The summed E-state index contributed by atoms with van der Waals surface area (Å²) >= 11 is 0. The van der Waals surface area contributed by atoms with Crippen LogP contribution in [0, 0.1) is 0 Å². The molecule has 55 heavy (non-hydrogen) atoms. The van der Waals surface area contributed by atoms with Crippen LogP contribution in [0.5, 0.6) is 5.75 Å². The Bertz CT molecular complexity index is 2350. The monoisotopic (exact) mass is 742 g/mol. The number of carbonyl (C=O) groups excluding carboxylic acids is 3. The van der Waals surface area contributed by atoms with Crippen LogP contribution in [0.25, 0.3) is 44.2 Å². The van der Waals surface area contributed by atoms with Gasteiger partial charge in [0.05, 0.1) is 43.1 Å². The number of H-pyrrole nitrogens is 2. The summed E-state index contributed by atoms with van der Waals surface area (Å²) in [5, 5.41) is 4.46. The van der Waals surface area contributed by atoms with Crippen LogP contribution in [0.15, 0.2) is 79.0 Å². The van der Waals surface area contributed by atoms with Crippen LogP contribution in [0.2, 0.25) is 0 Å². The van der Waals surface area contributed by atoms with Gasteiger partial charge < -0.3 is 40.3 Å². The molecule has 0 fully saturated rings. The summed E-state index contributed by atoms with van der Waals surface area (Å²) in [7, 11) is 1.26. The third kappa shape index (κ3) is 7.74. The number of methoxy groups -OCH3 is 1. The van der Waals surface area contributed by atoms with Crippen LogP contribution in [0.3, 0.4) is 0 Å². The highest BCUT2D eigenvalue weighted by Gasteiger charge is 2.25. The number of alkyl carbamates (subject to hydrolysis) is 1. The molecule has 0 saturated heterocycles. The van der Waals surface area contributed by atoms with Gasteiger partial charge in [0.15, 0.2) is 0 Å². The fraction of sp³-hybridized carbons (Fsp3) is 0.310. The number of nitrogens with one attached hydrogen (secondary N) is 3. The highest BCUT2D eigenvalue weighted by Crippen LogP contribution is 2.42. The molecule has 0 bridgehead atoms. The zero-order valence-corrected chi connectivity index (χ0v) is 31.5. The molecule has 0 aliphatic carbocycles. The van der Waals surface area contributed by atoms with Crippen molar-refractivity contribution in [2.75, 3.05) is 20.2 Å². The topological polar surface area (TPSA) is 172 Å². The number of rotatable bonds is 13. The number of hydrogen-bond acceptors (Lipinski definition) is 8. The van der Waals surface area contributed by atoms with Gasteiger partial charge in [-0.3, -0.25) is 9.59 Å². The van der Waals surface area contributed by atoms with E-state index in [0.29, 0.717) is 31.3 Å². The number of fused-ring (bicyclic) bond motifs is 6. The smallest absolute Gasteiger partial charge is 0.407 e. The molecule has 7 rings (SSSR count). The van der Waals surface area contributed by atoms with Gasteiger partial charge in [-0.2, -0.15) is 0 Å². The highest BCUT2D eigenvalue weighted by atomic mass is 16.5. The van der Waals surface area contributed by atoms with Crippen molar-refractivity contribution in [3.63, 3.8) is 0 Å². The summed E-state index contributed by atoms with van der Waals surface area (Å²) in [6.07, 6.45) is 2.66. The second-order valence-corrected chi connectivity index (χ2v) is 13.9. The van der Waals surface area contributed by atoms with Crippen molar-refractivity contribution in [1.29, 1.82) is 0 Å². The maximum absolute atomic E-state index is 13.5. The Morgan fingerprint density at radius 1 is 0.982 bits per heavy atom. The molecule has 4 aromatic carbocycles. The molecular formula is C42H46N8O5. The number of amides is 3. The predicted molar refractivity (Wildman–Crippen MR) is 211 cm³/mol. The molecule has 3 heterocycles. The van der Waals surface area contributed by atoms with E-state index >= 15 is 0 Å². The standard InChI is InChI=1S/C42H46N8O5/c1-5-16-49(41(52)39(43)26-10-8-7-9-11-26)22-37-46-33-15-13-27-18-32-30-14-12-28(17-29(30)24-55-35(32)19-31(27)40(33)48-37)34-20-44-36(47-34)23-50(25(3)6-2)38(51)21-45-42(53)54-4/h7-15,17-20,25,39H,5-6,16,21-24,43H2,1-4H3,(H,44,47)(H,45,53)(H,46,48)/t25-,39+/m0/s1. The van der Waals surface area contributed by atoms with Gasteiger partial charge in [-0.25, -0.2) is 14.8 Å². The second-order valence-electron chi connectivity index (χ2n) is 13.9. The molecular weight excluding hydrogens is 697 g/mol. The van der Waals surface area contributed by atoms with Crippen molar-refractivity contribution >= 4 is 39.7 Å². The van der Waals surface area contributed by atoms with E-state index in [1.807, 2.05) is 57.2 Å². The van der Waals surface area contributed by atoms with E-state index in [2.05, 4.69) is 61.4 Å². The highest BCUT2D eigenvalue weighted by molar-refractivity contribution is 6.07. The number of ether oxygens (including phenoxy) is 2. The Morgan fingerprint density at radius 3 is 2.56 bits per heavy atom. The van der Waals surface area contributed by atoms with Crippen LogP contribution in [0.1, 0.15) is 62.4 Å². The molecule has 0 unspecified atom stereocenters. The molecule has 2 aromatic heterocycles. The summed E-state index contributed by atoms with van der Waals surface area (Å²) < 4.78 is 11.0. The average molecular weight is 743 g/mol. The number of aromatic nitrogens is 4. The number of benzene rings is 4. The van der Waals surface area contributed by atoms with E-state index in [1.165, 1.54) is 7.11 Å². The van der Waals surface area contributed by atoms with Crippen molar-refractivity contribution in [3.8, 4) is 28.1 Å². The fourth-order valence-electron chi connectivity index (χ4n) is 7.08. The molecule has 284 valence electrons. The van der Waals surface area contributed by atoms with Gasteiger partial charge in [-0.05, 0) is 71.7 Å². The molecule has 3 amide bonds. The van der Waals surface area contributed by atoms with Crippen LogP contribution in [0.4, 0.5) is 4.79 Å². The number of hydrogen-bond donors (Lipinski definition) is 4. The number of carbonyl (C=O) groups is 3. The molecule has 13 nitrogen and oxygen atoms in total. The Morgan fingerprint density at radius 2 is 1.80 bits per heavy atom. The lowest BCUT2D eigenvalue weighted by Crippen LogP contribution is -2.44. The van der Waals surface area contributed by atoms with E-state index in [9.17, 15) is 14.4 Å². The molecule has 13 heteroatoms. The minimum atomic E-state index is -0.746. The van der Waals surface area contributed by atoms with Gasteiger partial charge in [-0.1, -0.05) is 62.4 Å². The van der Waals surface area contributed by atoms with Gasteiger partial charge in [0.1, 0.15) is 36.6 Å². The maximum Gasteiger partial charge on any atom is 0.407 e. The summed E-state index contributed by atoms with van der Waals surface area (Å²) in [4.78, 5) is 57.8. The largest absolute Gasteiger partial charge is 0.488 e. The van der Waals surface area contributed by atoms with Crippen molar-refractivity contribution in [2.45, 2.75) is 65.4 Å². The molecule has 0 spiro atoms. The first-order chi connectivity index (χ1) is 26.7. The van der Waals surface area contributed by atoms with E-state index in [4.69, 9.17) is 15.5 Å². The van der Waals surface area contributed by atoms with Gasteiger partial charge in [-0.15, -0.1) is 0 Å². The van der Waals surface area contributed by atoms with Crippen LogP contribution in [-0.4, -0.2) is 73.9 Å². The second kappa shape index (κ2) is 16.0. The summed E-state index contributed by atoms with van der Waals surface area (Å²) in [6.45, 7) is 7.41. The number of nitrogens with zero attached hydrogens (tertiary/aromatic N) is 4. The third-order valence-electron chi connectivity index (χ3n) is 10.2. The molecule has 0 saturated carbocycles. The lowest BCUT2D eigenvalue weighted by Gasteiger charge is -2.28. The van der Waals surface area contributed by atoms with Crippen LogP contribution < -0.4 is 15.8 Å². The first-order valence-electron chi connectivity index (χ1n) is 18.6. The average Bonchev–Trinajstić information content (AvgIpc) is 3.87. The van der Waals surface area contributed by atoms with Crippen LogP contribution in [-0.2, 0) is 34.0 Å². The van der Waals surface area contributed by atoms with Crippen LogP contribution >= 0.6 is 0 Å². The lowest BCUT2D eigenvalue weighted by atomic mass is 9.92.